The number of esters is 1. The van der Waals surface area contributed by atoms with Crippen molar-refractivity contribution >= 4 is 33.2 Å². The van der Waals surface area contributed by atoms with Gasteiger partial charge >= 0.3 is 5.97 Å². The maximum atomic E-state index is 10.8. The summed E-state index contributed by atoms with van der Waals surface area (Å²) in [5.41, 5.74) is 5.87. The van der Waals surface area contributed by atoms with Gasteiger partial charge in [0.1, 0.15) is 6.61 Å². The Hall–Kier alpha value is -0.430. The van der Waals surface area contributed by atoms with Crippen LogP contribution in [-0.2, 0) is 14.3 Å². The van der Waals surface area contributed by atoms with E-state index in [0.717, 1.165) is 9.35 Å². The minimum absolute atomic E-state index is 0.0623. The number of hydrogen-bond donors (Lipinski definition) is 1. The summed E-state index contributed by atoms with van der Waals surface area (Å²) >= 11 is 4.94. The van der Waals surface area contributed by atoms with E-state index in [-0.39, 0.29) is 12.6 Å². The van der Waals surface area contributed by atoms with E-state index >= 15 is 0 Å². The van der Waals surface area contributed by atoms with Gasteiger partial charge in [0.05, 0.1) is 19.8 Å². The first kappa shape index (κ1) is 12.6. The molecule has 2 N–H and O–H groups in total. The second-order valence-corrected chi connectivity index (χ2v) is 4.63. The molecular weight excluding hydrogens is 282 g/mol. The Morgan fingerprint density at radius 1 is 1.73 bits per heavy atom. The Bertz CT molecular complexity index is 329. The molecule has 1 unspecified atom stereocenters. The molecule has 0 fully saturated rings. The molecule has 0 aliphatic rings. The van der Waals surface area contributed by atoms with Gasteiger partial charge in [0.25, 0.3) is 0 Å². The fraction of sp³-hybridized carbons (Fsp3) is 0.444. The summed E-state index contributed by atoms with van der Waals surface area (Å²) in [4.78, 5) is 11.8. The Labute approximate surface area is 100 Å². The summed E-state index contributed by atoms with van der Waals surface area (Å²) < 4.78 is 10.5. The average molecular weight is 294 g/mol. The SMILES string of the molecule is COC(=O)COCC(N)c1sccc1Br. The number of thiophene rings is 1. The lowest BCUT2D eigenvalue weighted by atomic mass is 10.3. The van der Waals surface area contributed by atoms with Gasteiger partial charge in [-0.25, -0.2) is 4.79 Å². The normalized spacial score (nSPS) is 12.5. The van der Waals surface area contributed by atoms with Gasteiger partial charge in [0.2, 0.25) is 0 Å². The summed E-state index contributed by atoms with van der Waals surface area (Å²) in [6.07, 6.45) is 0. The zero-order chi connectivity index (χ0) is 11.3. The zero-order valence-corrected chi connectivity index (χ0v) is 10.6. The number of carbonyl (C=O) groups excluding carboxylic acids is 1. The third-order valence-corrected chi connectivity index (χ3v) is 3.73. The molecule has 0 radical (unpaired) electrons. The first-order valence-electron chi connectivity index (χ1n) is 4.28. The zero-order valence-electron chi connectivity index (χ0n) is 8.23. The van der Waals surface area contributed by atoms with Crippen LogP contribution in [0.2, 0.25) is 0 Å². The van der Waals surface area contributed by atoms with E-state index in [1.54, 1.807) is 11.3 Å². The van der Waals surface area contributed by atoms with Gasteiger partial charge in [-0.05, 0) is 27.4 Å². The third-order valence-electron chi connectivity index (χ3n) is 1.73. The molecule has 1 rings (SSSR count). The van der Waals surface area contributed by atoms with Gasteiger partial charge in [0, 0.05) is 9.35 Å². The molecule has 0 aliphatic carbocycles. The number of halogens is 1. The molecule has 0 saturated heterocycles. The van der Waals surface area contributed by atoms with Crippen LogP contribution in [0, 0.1) is 0 Å². The van der Waals surface area contributed by atoms with Crippen molar-refractivity contribution in [1.82, 2.24) is 0 Å². The Morgan fingerprint density at radius 2 is 2.47 bits per heavy atom. The van der Waals surface area contributed by atoms with Gasteiger partial charge < -0.3 is 15.2 Å². The van der Waals surface area contributed by atoms with Crippen LogP contribution in [0.1, 0.15) is 10.9 Å². The van der Waals surface area contributed by atoms with E-state index in [9.17, 15) is 4.79 Å². The second kappa shape index (κ2) is 6.22. The number of ether oxygens (including phenoxy) is 2. The van der Waals surface area contributed by atoms with E-state index in [1.807, 2.05) is 11.4 Å². The number of nitrogens with two attached hydrogens (primary N) is 1. The minimum atomic E-state index is -0.396. The first-order chi connectivity index (χ1) is 7.15. The van der Waals surface area contributed by atoms with Crippen LogP contribution in [0.4, 0.5) is 0 Å². The van der Waals surface area contributed by atoms with Crippen molar-refractivity contribution in [1.29, 1.82) is 0 Å². The van der Waals surface area contributed by atoms with E-state index < -0.39 is 5.97 Å². The standard InChI is InChI=1S/C9H12BrNO3S/c1-13-8(12)5-14-4-7(11)9-6(10)2-3-15-9/h2-3,7H,4-5,11H2,1H3. The minimum Gasteiger partial charge on any atom is -0.467 e. The fourth-order valence-corrected chi connectivity index (χ4v) is 2.63. The Morgan fingerprint density at radius 3 is 3.00 bits per heavy atom. The van der Waals surface area contributed by atoms with Crippen LogP contribution in [0.3, 0.4) is 0 Å². The lowest BCUT2D eigenvalue weighted by molar-refractivity contribution is -0.146. The quantitative estimate of drug-likeness (QED) is 0.840. The van der Waals surface area contributed by atoms with Gasteiger partial charge in [-0.15, -0.1) is 11.3 Å². The van der Waals surface area contributed by atoms with Gasteiger partial charge in [-0.3, -0.25) is 0 Å². The molecule has 0 aliphatic heterocycles. The summed E-state index contributed by atoms with van der Waals surface area (Å²) in [7, 11) is 1.32. The lowest BCUT2D eigenvalue weighted by Crippen LogP contribution is -2.19. The molecule has 0 spiro atoms. The van der Waals surface area contributed by atoms with E-state index in [1.165, 1.54) is 7.11 Å². The number of rotatable bonds is 5. The van der Waals surface area contributed by atoms with Crippen LogP contribution in [0.25, 0.3) is 0 Å². The monoisotopic (exact) mass is 293 g/mol. The number of hydrogen-bond acceptors (Lipinski definition) is 5. The summed E-state index contributed by atoms with van der Waals surface area (Å²) in [5.74, 6) is -0.396. The molecule has 6 heteroatoms. The van der Waals surface area contributed by atoms with Crippen molar-refractivity contribution in [2.24, 2.45) is 5.73 Å². The summed E-state index contributed by atoms with van der Waals surface area (Å²) in [5, 5.41) is 1.94. The molecule has 1 heterocycles. The predicted octanol–water partition coefficient (Wildman–Crippen LogP) is 1.70. The molecular formula is C9H12BrNO3S. The molecule has 4 nitrogen and oxygen atoms in total. The smallest absolute Gasteiger partial charge is 0.331 e. The van der Waals surface area contributed by atoms with Crippen molar-refractivity contribution in [2.75, 3.05) is 20.3 Å². The van der Waals surface area contributed by atoms with Crippen LogP contribution in [0.5, 0.6) is 0 Å². The fourth-order valence-electron chi connectivity index (χ4n) is 0.974. The first-order valence-corrected chi connectivity index (χ1v) is 5.95. The van der Waals surface area contributed by atoms with Crippen molar-refractivity contribution in [3.63, 3.8) is 0 Å². The van der Waals surface area contributed by atoms with Crippen LogP contribution in [-0.4, -0.2) is 26.3 Å². The van der Waals surface area contributed by atoms with Gasteiger partial charge in [-0.2, -0.15) is 0 Å². The third kappa shape index (κ3) is 3.90. The number of carbonyl (C=O) groups is 1. The summed E-state index contributed by atoms with van der Waals surface area (Å²) in [6, 6.07) is 1.71. The van der Waals surface area contributed by atoms with Crippen molar-refractivity contribution < 1.29 is 14.3 Å². The Kier molecular flexibility index (Phi) is 5.24. The topological polar surface area (TPSA) is 61.5 Å². The van der Waals surface area contributed by atoms with Crippen molar-refractivity contribution in [3.8, 4) is 0 Å². The molecule has 84 valence electrons. The Balaban J connectivity index is 2.34. The van der Waals surface area contributed by atoms with Crippen LogP contribution in [0.15, 0.2) is 15.9 Å². The molecule has 0 saturated carbocycles. The van der Waals surface area contributed by atoms with Gasteiger partial charge in [-0.1, -0.05) is 0 Å². The highest BCUT2D eigenvalue weighted by atomic mass is 79.9. The maximum Gasteiger partial charge on any atom is 0.331 e. The highest BCUT2D eigenvalue weighted by Crippen LogP contribution is 2.27. The molecule has 0 bridgehead atoms. The van der Waals surface area contributed by atoms with Crippen LogP contribution >= 0.6 is 27.3 Å². The van der Waals surface area contributed by atoms with Crippen molar-refractivity contribution in [3.05, 3.63) is 20.8 Å². The molecule has 1 aromatic heterocycles. The van der Waals surface area contributed by atoms with Gasteiger partial charge in [0.15, 0.2) is 0 Å². The van der Waals surface area contributed by atoms with E-state index in [0.29, 0.717) is 6.61 Å². The highest BCUT2D eigenvalue weighted by Gasteiger charge is 2.12. The van der Waals surface area contributed by atoms with E-state index in [2.05, 4.69) is 20.7 Å². The van der Waals surface area contributed by atoms with Crippen LogP contribution < -0.4 is 5.73 Å². The molecule has 15 heavy (non-hydrogen) atoms. The second-order valence-electron chi connectivity index (χ2n) is 2.83. The van der Waals surface area contributed by atoms with Crippen molar-refractivity contribution in [2.45, 2.75) is 6.04 Å². The van der Waals surface area contributed by atoms with E-state index in [4.69, 9.17) is 10.5 Å². The predicted molar refractivity (Wildman–Crippen MR) is 61.8 cm³/mol. The number of methoxy groups -OCH3 is 1. The molecule has 1 atom stereocenters. The summed E-state index contributed by atoms with van der Waals surface area (Å²) in [6.45, 7) is 0.238. The maximum absolute atomic E-state index is 10.8. The largest absolute Gasteiger partial charge is 0.467 e. The molecule has 1 aromatic rings. The molecule has 0 amide bonds. The lowest BCUT2D eigenvalue weighted by Gasteiger charge is -2.10. The highest BCUT2D eigenvalue weighted by molar-refractivity contribution is 9.10. The molecule has 0 aromatic carbocycles. The average Bonchev–Trinajstić information content (AvgIpc) is 2.64.